The maximum atomic E-state index is 13.4. The summed E-state index contributed by atoms with van der Waals surface area (Å²) < 4.78 is 44.5. The van der Waals surface area contributed by atoms with Crippen LogP contribution in [0.2, 0.25) is 10.0 Å². The number of ether oxygens (including phenoxy) is 1. The molecule has 2 heterocycles. The highest BCUT2D eigenvalue weighted by Crippen LogP contribution is 2.40. The second-order valence-electron chi connectivity index (χ2n) is 9.15. The van der Waals surface area contributed by atoms with Crippen LogP contribution in [0.3, 0.4) is 0 Å². The topological polar surface area (TPSA) is 36.0 Å². The fraction of sp³-hybridized carbons (Fsp3) is 0.250. The molecule has 1 amide bonds. The number of hydrogen-bond donors (Lipinski definition) is 0. The summed E-state index contributed by atoms with van der Waals surface area (Å²) in [5.41, 5.74) is 3.00. The first-order valence-corrected chi connectivity index (χ1v) is 12.8. The molecule has 0 aliphatic carbocycles. The number of rotatable bonds is 5. The van der Waals surface area contributed by atoms with Gasteiger partial charge in [0.2, 0.25) is 0 Å². The van der Waals surface area contributed by atoms with Crippen LogP contribution in [0.15, 0.2) is 66.7 Å². The van der Waals surface area contributed by atoms with Gasteiger partial charge in [-0.2, -0.15) is 0 Å². The summed E-state index contributed by atoms with van der Waals surface area (Å²) in [6.07, 6.45) is -1.11. The van der Waals surface area contributed by atoms with Gasteiger partial charge in [0.1, 0.15) is 0 Å². The third-order valence-electron chi connectivity index (χ3n) is 6.52. The number of piperazine rings is 1. The van der Waals surface area contributed by atoms with Gasteiger partial charge in [-0.15, -0.1) is 13.2 Å². The predicted octanol–water partition coefficient (Wildman–Crippen LogP) is 7.01. The molecule has 2 aliphatic heterocycles. The Hall–Kier alpha value is -3.20. The molecule has 10 heteroatoms. The van der Waals surface area contributed by atoms with Gasteiger partial charge >= 0.3 is 6.36 Å². The minimum atomic E-state index is -4.91. The van der Waals surface area contributed by atoms with E-state index in [9.17, 15) is 18.0 Å². The Labute approximate surface area is 228 Å². The molecule has 0 unspecified atom stereocenters. The van der Waals surface area contributed by atoms with Crippen molar-refractivity contribution in [3.05, 3.63) is 93.5 Å². The molecule has 3 aromatic rings. The van der Waals surface area contributed by atoms with Gasteiger partial charge in [-0.1, -0.05) is 53.6 Å². The van der Waals surface area contributed by atoms with Crippen LogP contribution in [0.5, 0.6) is 5.75 Å². The van der Waals surface area contributed by atoms with Gasteiger partial charge in [0.15, 0.2) is 5.75 Å². The van der Waals surface area contributed by atoms with Gasteiger partial charge in [-0.3, -0.25) is 9.69 Å². The van der Waals surface area contributed by atoms with Gasteiger partial charge in [0, 0.05) is 60.6 Å². The third-order valence-corrected chi connectivity index (χ3v) is 6.96. The molecule has 1 saturated heterocycles. The van der Waals surface area contributed by atoms with E-state index in [0.29, 0.717) is 49.3 Å². The lowest BCUT2D eigenvalue weighted by Gasteiger charge is -2.35. The largest absolute Gasteiger partial charge is 0.573 e. The highest BCUT2D eigenvalue weighted by Gasteiger charge is 2.34. The lowest BCUT2D eigenvalue weighted by Crippen LogP contribution is -2.48. The van der Waals surface area contributed by atoms with E-state index in [1.807, 2.05) is 48.6 Å². The summed E-state index contributed by atoms with van der Waals surface area (Å²) in [6, 6.07) is 17.1. The fourth-order valence-corrected chi connectivity index (χ4v) is 5.39. The first-order chi connectivity index (χ1) is 18.2. The summed E-state index contributed by atoms with van der Waals surface area (Å²) in [5, 5.41) is 1.12. The molecule has 5 nitrogen and oxygen atoms in total. The number of para-hydroxylation sites is 1. The van der Waals surface area contributed by atoms with Crippen molar-refractivity contribution in [2.45, 2.75) is 12.9 Å². The van der Waals surface area contributed by atoms with Crippen molar-refractivity contribution in [2.75, 3.05) is 37.6 Å². The van der Waals surface area contributed by atoms with Crippen LogP contribution in [0.4, 0.5) is 24.5 Å². The number of nitrogens with zero attached hydrogens (tertiary/aromatic N) is 3. The van der Waals surface area contributed by atoms with Crippen LogP contribution in [0.25, 0.3) is 6.08 Å². The SMILES string of the molecule is O=C(c1ccc(N2CC=Cc3ccccc32)c(OC(F)(F)F)c1)N1CCN(Cc2cc(Cl)cc(Cl)c2)CC1. The quantitative estimate of drug-likeness (QED) is 0.335. The minimum absolute atomic E-state index is 0.143. The molecule has 3 aromatic carbocycles. The summed E-state index contributed by atoms with van der Waals surface area (Å²) in [7, 11) is 0. The molecule has 0 N–H and O–H groups in total. The molecular formula is C28H24Cl2F3N3O2. The predicted molar refractivity (Wildman–Crippen MR) is 143 cm³/mol. The monoisotopic (exact) mass is 561 g/mol. The normalized spacial score (nSPS) is 15.9. The van der Waals surface area contributed by atoms with Crippen LogP contribution in [0.1, 0.15) is 21.5 Å². The van der Waals surface area contributed by atoms with Crippen LogP contribution in [0, 0.1) is 0 Å². The van der Waals surface area contributed by atoms with Crippen LogP contribution >= 0.6 is 23.2 Å². The molecule has 198 valence electrons. The fourth-order valence-electron chi connectivity index (χ4n) is 4.81. The zero-order valence-corrected chi connectivity index (χ0v) is 21.7. The van der Waals surface area contributed by atoms with E-state index in [-0.39, 0.29) is 17.2 Å². The Bertz CT molecular complexity index is 1350. The first-order valence-electron chi connectivity index (χ1n) is 12.1. The summed E-state index contributed by atoms with van der Waals surface area (Å²) in [5.74, 6) is -0.752. The number of anilines is 2. The Morgan fingerprint density at radius 1 is 0.895 bits per heavy atom. The molecule has 5 rings (SSSR count). The number of fused-ring (bicyclic) bond motifs is 1. The highest BCUT2D eigenvalue weighted by atomic mass is 35.5. The van der Waals surface area contributed by atoms with Crippen molar-refractivity contribution < 1.29 is 22.7 Å². The zero-order chi connectivity index (χ0) is 26.9. The number of carbonyl (C=O) groups excluding carboxylic acids is 1. The van der Waals surface area contributed by atoms with E-state index < -0.39 is 12.1 Å². The average molecular weight is 562 g/mol. The molecule has 2 aliphatic rings. The van der Waals surface area contributed by atoms with Crippen molar-refractivity contribution in [2.24, 2.45) is 0 Å². The number of alkyl halides is 3. The van der Waals surface area contributed by atoms with Gasteiger partial charge in [-0.25, -0.2) is 0 Å². The third kappa shape index (κ3) is 6.09. The Morgan fingerprint density at radius 2 is 1.61 bits per heavy atom. The first kappa shape index (κ1) is 26.4. The molecule has 0 atom stereocenters. The number of hydrogen-bond acceptors (Lipinski definition) is 4. The molecule has 0 spiro atoms. The maximum Gasteiger partial charge on any atom is 0.573 e. The van der Waals surface area contributed by atoms with E-state index in [1.165, 1.54) is 12.1 Å². The van der Waals surface area contributed by atoms with Gasteiger partial charge in [-0.05, 0) is 53.6 Å². The standard InChI is InChI=1S/C28H24Cl2F3N3O2/c29-22-14-19(15-23(30)17-22)18-34-10-12-35(13-11-34)27(37)21-7-8-25(26(16-21)38-28(31,32)33)36-9-3-5-20-4-1-2-6-24(20)36/h1-8,14-17H,9-13,18H2. The second kappa shape index (κ2) is 10.9. The molecule has 0 radical (unpaired) electrons. The van der Waals surface area contributed by atoms with Crippen molar-refractivity contribution in [1.82, 2.24) is 9.80 Å². The lowest BCUT2D eigenvalue weighted by atomic mass is 10.1. The molecule has 0 saturated carbocycles. The highest BCUT2D eigenvalue weighted by molar-refractivity contribution is 6.34. The smallest absolute Gasteiger partial charge is 0.404 e. The van der Waals surface area contributed by atoms with Crippen LogP contribution < -0.4 is 9.64 Å². The molecule has 0 bridgehead atoms. The van der Waals surface area contributed by atoms with Gasteiger partial charge < -0.3 is 14.5 Å². The Balaban J connectivity index is 1.33. The number of carbonyl (C=O) groups is 1. The van der Waals surface area contributed by atoms with Crippen molar-refractivity contribution in [3.8, 4) is 5.75 Å². The molecule has 38 heavy (non-hydrogen) atoms. The van der Waals surface area contributed by atoms with E-state index in [1.54, 1.807) is 21.9 Å². The number of benzene rings is 3. The number of halogens is 5. The van der Waals surface area contributed by atoms with E-state index >= 15 is 0 Å². The lowest BCUT2D eigenvalue weighted by molar-refractivity contribution is -0.274. The van der Waals surface area contributed by atoms with Gasteiger partial charge in [0.25, 0.3) is 5.91 Å². The van der Waals surface area contributed by atoms with E-state index in [2.05, 4.69) is 9.64 Å². The summed E-state index contributed by atoms with van der Waals surface area (Å²) in [6.45, 7) is 3.10. The number of amides is 1. The molecule has 0 aromatic heterocycles. The van der Waals surface area contributed by atoms with Crippen molar-refractivity contribution in [3.63, 3.8) is 0 Å². The zero-order valence-electron chi connectivity index (χ0n) is 20.2. The van der Waals surface area contributed by atoms with E-state index in [0.717, 1.165) is 16.8 Å². The van der Waals surface area contributed by atoms with Gasteiger partial charge in [0.05, 0.1) is 5.69 Å². The maximum absolute atomic E-state index is 13.4. The van der Waals surface area contributed by atoms with Crippen molar-refractivity contribution >= 4 is 46.6 Å². The average Bonchev–Trinajstić information content (AvgIpc) is 2.87. The summed E-state index contributed by atoms with van der Waals surface area (Å²) >= 11 is 12.2. The molecule has 1 fully saturated rings. The van der Waals surface area contributed by atoms with Crippen molar-refractivity contribution in [1.29, 1.82) is 0 Å². The second-order valence-corrected chi connectivity index (χ2v) is 10.0. The Kier molecular flexibility index (Phi) is 7.56. The van der Waals surface area contributed by atoms with Crippen LogP contribution in [-0.2, 0) is 6.54 Å². The van der Waals surface area contributed by atoms with E-state index in [4.69, 9.17) is 23.2 Å². The Morgan fingerprint density at radius 3 is 2.32 bits per heavy atom. The molecular weight excluding hydrogens is 538 g/mol. The minimum Gasteiger partial charge on any atom is -0.404 e. The van der Waals surface area contributed by atoms with Crippen LogP contribution in [-0.4, -0.2) is 54.8 Å². The summed E-state index contributed by atoms with van der Waals surface area (Å²) in [4.78, 5) is 18.8.